The predicted octanol–water partition coefficient (Wildman–Crippen LogP) is 17.9. The molecule has 14 rings (SSSR count). The number of hydrogen-bond donors (Lipinski definition) is 0. The number of nitrogens with zero attached hydrogens (tertiary/aromatic N) is 1. The van der Waals surface area contributed by atoms with Gasteiger partial charge in [0.1, 0.15) is 0 Å². The summed E-state index contributed by atoms with van der Waals surface area (Å²) in [7, 11) is 0. The molecule has 12 aromatic rings. The smallest absolute Gasteiger partial charge is 0.0714 e. The lowest BCUT2D eigenvalue weighted by molar-refractivity contribution is 0.768. The Morgan fingerprint density at radius 1 is 0.286 bits per heavy atom. The third kappa shape index (κ3) is 5.84. The van der Waals surface area contributed by atoms with E-state index in [2.05, 4.69) is 278 Å². The van der Waals surface area contributed by atoms with E-state index in [1.807, 2.05) is 11.3 Å². The van der Waals surface area contributed by atoms with E-state index in [0.717, 1.165) is 17.1 Å². The Labute approximate surface area is 412 Å². The van der Waals surface area contributed by atoms with Gasteiger partial charge in [-0.3, -0.25) is 0 Å². The van der Waals surface area contributed by atoms with Crippen LogP contribution in [0.15, 0.2) is 273 Å². The zero-order valence-electron chi connectivity index (χ0n) is 38.3. The van der Waals surface area contributed by atoms with Gasteiger partial charge >= 0.3 is 0 Å². The number of benzene rings is 11. The normalized spacial score (nSPS) is 13.7. The Morgan fingerprint density at radius 2 is 0.757 bits per heavy atom. The molecule has 0 spiro atoms. The van der Waals surface area contributed by atoms with Gasteiger partial charge in [-0.15, -0.1) is 11.3 Å². The molecular formula is C68H45NS. The van der Waals surface area contributed by atoms with E-state index >= 15 is 0 Å². The summed E-state index contributed by atoms with van der Waals surface area (Å²) in [6.07, 6.45) is 0. The van der Waals surface area contributed by atoms with Crippen LogP contribution in [0.4, 0.5) is 17.1 Å². The number of rotatable bonds is 8. The van der Waals surface area contributed by atoms with Gasteiger partial charge in [0.2, 0.25) is 0 Å². The van der Waals surface area contributed by atoms with Gasteiger partial charge in [0.05, 0.1) is 16.5 Å². The van der Waals surface area contributed by atoms with Crippen molar-refractivity contribution < 1.29 is 0 Å². The summed E-state index contributed by atoms with van der Waals surface area (Å²) in [5, 5.41) is 2.61. The average Bonchev–Trinajstić information content (AvgIpc) is 4.07. The van der Waals surface area contributed by atoms with Gasteiger partial charge in [0.25, 0.3) is 0 Å². The van der Waals surface area contributed by atoms with E-state index < -0.39 is 10.8 Å². The lowest BCUT2D eigenvalue weighted by atomic mass is 9.67. The summed E-state index contributed by atoms with van der Waals surface area (Å²) in [5.41, 5.74) is 19.9. The lowest BCUT2D eigenvalue weighted by Crippen LogP contribution is -2.28. The van der Waals surface area contributed by atoms with Crippen molar-refractivity contribution in [1.82, 2.24) is 0 Å². The first kappa shape index (κ1) is 40.5. The zero-order chi connectivity index (χ0) is 46.2. The van der Waals surface area contributed by atoms with Gasteiger partial charge in [-0.05, 0) is 121 Å². The van der Waals surface area contributed by atoms with E-state index in [1.165, 1.54) is 98.1 Å². The standard InChI is InChI=1S/C68H45NS/c1-4-21-48(22-5-1)67(59-32-14-10-28-54(59)55-29-11-15-33-60(55)67)51-39-41-52(42-40-51)69(53-27-18-20-46(44-53)47-38-43-65-58(45-47)56-30-13-17-37-64(56)70-65)63-36-19-35-62-66(63)57-31-12-16-34-61(57)68(62,49-23-6-2-7-24-49)50-25-8-3-9-26-50/h1-45H. The molecule has 1 aromatic heterocycles. The molecule has 0 amide bonds. The van der Waals surface area contributed by atoms with Crippen molar-refractivity contribution in [3.8, 4) is 33.4 Å². The molecule has 0 bridgehead atoms. The molecule has 0 radical (unpaired) electrons. The fourth-order valence-electron chi connectivity index (χ4n) is 12.4. The Bertz CT molecular complexity index is 3860. The summed E-state index contributed by atoms with van der Waals surface area (Å²) in [6.45, 7) is 0. The second-order valence-corrected chi connectivity index (χ2v) is 19.8. The molecule has 0 saturated heterocycles. The number of anilines is 3. The van der Waals surface area contributed by atoms with Gasteiger partial charge < -0.3 is 4.90 Å². The molecular weight excluding hydrogens is 863 g/mol. The van der Waals surface area contributed by atoms with Crippen molar-refractivity contribution in [2.75, 3.05) is 4.90 Å². The quantitative estimate of drug-likeness (QED) is 0.147. The molecule has 1 nitrogen and oxygen atoms in total. The summed E-state index contributed by atoms with van der Waals surface area (Å²) >= 11 is 1.86. The Hall–Kier alpha value is -8.56. The van der Waals surface area contributed by atoms with E-state index in [0.29, 0.717) is 0 Å². The van der Waals surface area contributed by atoms with Crippen LogP contribution in [0.3, 0.4) is 0 Å². The third-order valence-corrected chi connectivity index (χ3v) is 16.4. The minimum absolute atomic E-state index is 0.500. The van der Waals surface area contributed by atoms with Crippen molar-refractivity contribution in [3.05, 3.63) is 317 Å². The first-order valence-electron chi connectivity index (χ1n) is 24.2. The molecule has 0 saturated carbocycles. The van der Waals surface area contributed by atoms with Crippen LogP contribution < -0.4 is 4.90 Å². The molecule has 328 valence electrons. The van der Waals surface area contributed by atoms with Crippen molar-refractivity contribution in [2.45, 2.75) is 10.8 Å². The van der Waals surface area contributed by atoms with Crippen molar-refractivity contribution >= 4 is 48.6 Å². The van der Waals surface area contributed by atoms with Crippen LogP contribution >= 0.6 is 11.3 Å². The molecule has 0 fully saturated rings. The molecule has 2 heteroatoms. The third-order valence-electron chi connectivity index (χ3n) is 15.2. The van der Waals surface area contributed by atoms with E-state index in [9.17, 15) is 0 Å². The summed E-state index contributed by atoms with van der Waals surface area (Å²) in [6, 6.07) is 102. The highest BCUT2D eigenvalue weighted by Gasteiger charge is 2.48. The van der Waals surface area contributed by atoms with Gasteiger partial charge in [-0.1, -0.05) is 224 Å². The molecule has 1 heterocycles. The number of thiophene rings is 1. The largest absolute Gasteiger partial charge is 0.310 e. The van der Waals surface area contributed by atoms with Crippen LogP contribution in [-0.2, 0) is 10.8 Å². The molecule has 0 atom stereocenters. The van der Waals surface area contributed by atoms with Crippen LogP contribution in [0.5, 0.6) is 0 Å². The molecule has 11 aromatic carbocycles. The topological polar surface area (TPSA) is 3.24 Å². The lowest BCUT2D eigenvalue weighted by Gasteiger charge is -2.35. The summed E-state index contributed by atoms with van der Waals surface area (Å²) in [4.78, 5) is 2.51. The molecule has 2 aliphatic rings. The van der Waals surface area contributed by atoms with Crippen LogP contribution in [0.1, 0.15) is 44.5 Å². The summed E-state index contributed by atoms with van der Waals surface area (Å²) < 4.78 is 2.62. The molecule has 0 N–H and O–H groups in total. The van der Waals surface area contributed by atoms with Crippen LogP contribution in [-0.4, -0.2) is 0 Å². The number of hydrogen-bond acceptors (Lipinski definition) is 2. The maximum atomic E-state index is 2.51. The van der Waals surface area contributed by atoms with Crippen LogP contribution in [0.2, 0.25) is 0 Å². The zero-order valence-corrected chi connectivity index (χ0v) is 39.2. The maximum absolute atomic E-state index is 2.51. The first-order valence-corrected chi connectivity index (χ1v) is 25.1. The van der Waals surface area contributed by atoms with E-state index in [1.54, 1.807) is 0 Å². The molecule has 0 unspecified atom stereocenters. The van der Waals surface area contributed by atoms with Gasteiger partial charge in [0.15, 0.2) is 0 Å². The fourth-order valence-corrected chi connectivity index (χ4v) is 13.5. The SMILES string of the molecule is c1ccc(C2(c3ccc(N(c4cccc(-c5ccc6sc7ccccc7c6c5)c4)c4cccc5c4-c4ccccc4C5(c4ccccc4)c4ccccc4)cc3)c3ccccc3-c3ccccc32)cc1. The Balaban J connectivity index is 1.01. The highest BCUT2D eigenvalue weighted by atomic mass is 32.1. The minimum atomic E-state index is -0.536. The van der Waals surface area contributed by atoms with Crippen LogP contribution in [0.25, 0.3) is 53.6 Å². The first-order chi connectivity index (χ1) is 34.7. The monoisotopic (exact) mass is 907 g/mol. The predicted molar refractivity (Wildman–Crippen MR) is 294 cm³/mol. The molecule has 2 aliphatic carbocycles. The van der Waals surface area contributed by atoms with Crippen molar-refractivity contribution in [1.29, 1.82) is 0 Å². The average molecular weight is 908 g/mol. The minimum Gasteiger partial charge on any atom is -0.310 e. The maximum Gasteiger partial charge on any atom is 0.0714 e. The Morgan fingerprint density at radius 3 is 1.40 bits per heavy atom. The van der Waals surface area contributed by atoms with E-state index in [4.69, 9.17) is 0 Å². The second kappa shape index (κ2) is 16.0. The Kier molecular flexibility index (Phi) is 9.27. The van der Waals surface area contributed by atoms with Gasteiger partial charge in [-0.2, -0.15) is 0 Å². The van der Waals surface area contributed by atoms with Crippen molar-refractivity contribution in [2.24, 2.45) is 0 Å². The highest BCUT2D eigenvalue weighted by molar-refractivity contribution is 7.25. The van der Waals surface area contributed by atoms with Gasteiger partial charge in [0, 0.05) is 37.1 Å². The highest BCUT2D eigenvalue weighted by Crippen LogP contribution is 2.60. The molecule has 70 heavy (non-hydrogen) atoms. The van der Waals surface area contributed by atoms with E-state index in [-0.39, 0.29) is 0 Å². The summed E-state index contributed by atoms with van der Waals surface area (Å²) in [5.74, 6) is 0. The molecule has 0 aliphatic heterocycles. The second-order valence-electron chi connectivity index (χ2n) is 18.7. The van der Waals surface area contributed by atoms with Crippen LogP contribution in [0, 0.1) is 0 Å². The van der Waals surface area contributed by atoms with Crippen molar-refractivity contribution in [3.63, 3.8) is 0 Å². The van der Waals surface area contributed by atoms with Gasteiger partial charge in [-0.25, -0.2) is 0 Å². The number of fused-ring (bicyclic) bond motifs is 9. The fraction of sp³-hybridized carbons (Fsp3) is 0.0294.